The zero-order valence-electron chi connectivity index (χ0n) is 8.63. The van der Waals surface area contributed by atoms with Gasteiger partial charge in [0.1, 0.15) is 0 Å². The minimum absolute atomic E-state index is 0. The van der Waals surface area contributed by atoms with Crippen molar-refractivity contribution in [1.82, 2.24) is 9.97 Å². The van der Waals surface area contributed by atoms with Crippen LogP contribution in [0.3, 0.4) is 0 Å². The maximum atomic E-state index is 5.58. The number of halogens is 1. The SMILES string of the molecule is Cl.Nc1cnc(-c2ccccc2)nc1N.[Zn]. The molecule has 1 aromatic carbocycles. The molecule has 0 saturated carbocycles. The molecule has 80 valence electrons. The molecule has 4 nitrogen and oxygen atoms in total. The first-order valence-electron chi connectivity index (χ1n) is 4.21. The first-order valence-corrected chi connectivity index (χ1v) is 4.21. The van der Waals surface area contributed by atoms with Crippen LogP contribution in [-0.2, 0) is 19.5 Å². The normalized spacial score (nSPS) is 8.75. The zero-order chi connectivity index (χ0) is 9.97. The van der Waals surface area contributed by atoms with Gasteiger partial charge in [0.15, 0.2) is 11.6 Å². The maximum Gasteiger partial charge on any atom is 0.161 e. The van der Waals surface area contributed by atoms with Gasteiger partial charge < -0.3 is 11.5 Å². The van der Waals surface area contributed by atoms with Gasteiger partial charge in [0.05, 0.1) is 11.9 Å². The minimum Gasteiger partial charge on any atom is -0.394 e. The van der Waals surface area contributed by atoms with E-state index in [0.29, 0.717) is 17.3 Å². The number of nitrogen functional groups attached to an aromatic ring is 2. The van der Waals surface area contributed by atoms with Gasteiger partial charge in [0, 0.05) is 25.0 Å². The fraction of sp³-hybridized carbons (Fsp3) is 0. The van der Waals surface area contributed by atoms with Gasteiger partial charge >= 0.3 is 0 Å². The third-order valence-corrected chi connectivity index (χ3v) is 1.88. The molecule has 0 saturated heterocycles. The molecular weight excluding hydrogens is 277 g/mol. The van der Waals surface area contributed by atoms with Crippen LogP contribution >= 0.6 is 12.4 Å². The predicted octanol–water partition coefficient (Wildman–Crippen LogP) is 1.73. The van der Waals surface area contributed by atoms with Gasteiger partial charge in [-0.25, -0.2) is 9.97 Å². The second-order valence-electron chi connectivity index (χ2n) is 2.90. The maximum absolute atomic E-state index is 5.58. The largest absolute Gasteiger partial charge is 0.394 e. The Balaban J connectivity index is 0.00000112. The Morgan fingerprint density at radius 3 is 2.19 bits per heavy atom. The minimum atomic E-state index is 0. The van der Waals surface area contributed by atoms with Crippen molar-refractivity contribution in [2.45, 2.75) is 0 Å². The summed E-state index contributed by atoms with van der Waals surface area (Å²) in [5.74, 6) is 0.913. The number of aromatic nitrogens is 2. The van der Waals surface area contributed by atoms with Crippen molar-refractivity contribution >= 4 is 23.9 Å². The van der Waals surface area contributed by atoms with Crippen LogP contribution in [0.15, 0.2) is 36.5 Å². The summed E-state index contributed by atoms with van der Waals surface area (Å²) in [7, 11) is 0. The first-order chi connectivity index (χ1) is 6.77. The molecule has 4 N–H and O–H groups in total. The third-order valence-electron chi connectivity index (χ3n) is 1.88. The van der Waals surface area contributed by atoms with Crippen LogP contribution in [0, 0.1) is 0 Å². The van der Waals surface area contributed by atoms with Gasteiger partial charge in [-0.15, -0.1) is 12.4 Å². The number of rotatable bonds is 1. The summed E-state index contributed by atoms with van der Waals surface area (Å²) in [6.45, 7) is 0. The van der Waals surface area contributed by atoms with Gasteiger partial charge in [0.25, 0.3) is 0 Å². The van der Waals surface area contributed by atoms with Gasteiger partial charge in [-0.05, 0) is 0 Å². The topological polar surface area (TPSA) is 77.8 Å². The number of benzene rings is 1. The standard InChI is InChI=1S/C10H10N4.ClH.Zn/c11-8-6-13-10(14-9(8)12)7-4-2-1-3-5-7;;/h1-6H,11H2,(H2,12,13,14);1H;. The van der Waals surface area contributed by atoms with E-state index in [-0.39, 0.29) is 31.9 Å². The number of hydrogen-bond acceptors (Lipinski definition) is 4. The van der Waals surface area contributed by atoms with Gasteiger partial charge in [-0.3, -0.25) is 0 Å². The molecule has 0 atom stereocenters. The molecular formula is C10H11ClN4Zn. The van der Waals surface area contributed by atoms with E-state index in [1.165, 1.54) is 6.20 Å². The Kier molecular flexibility index (Phi) is 5.93. The van der Waals surface area contributed by atoms with Crippen molar-refractivity contribution in [3.05, 3.63) is 36.5 Å². The molecule has 16 heavy (non-hydrogen) atoms. The van der Waals surface area contributed by atoms with E-state index in [2.05, 4.69) is 9.97 Å². The second kappa shape index (κ2) is 6.41. The molecule has 2 aromatic rings. The quantitative estimate of drug-likeness (QED) is 0.783. The molecule has 6 heteroatoms. The van der Waals surface area contributed by atoms with Crippen molar-refractivity contribution in [3.8, 4) is 11.4 Å². The predicted molar refractivity (Wildman–Crippen MR) is 63.5 cm³/mol. The molecule has 0 aliphatic heterocycles. The van der Waals surface area contributed by atoms with Crippen LogP contribution in [0.1, 0.15) is 0 Å². The first kappa shape index (κ1) is 14.8. The number of nitrogens with two attached hydrogens (primary N) is 2. The van der Waals surface area contributed by atoms with E-state index in [9.17, 15) is 0 Å². The van der Waals surface area contributed by atoms with Crippen molar-refractivity contribution in [2.75, 3.05) is 11.5 Å². The summed E-state index contributed by atoms with van der Waals surface area (Å²) in [4.78, 5) is 8.18. The van der Waals surface area contributed by atoms with E-state index in [1.807, 2.05) is 30.3 Å². The third kappa shape index (κ3) is 3.15. The van der Waals surface area contributed by atoms with Crippen LogP contribution < -0.4 is 11.5 Å². The summed E-state index contributed by atoms with van der Waals surface area (Å²) in [6, 6.07) is 9.62. The van der Waals surface area contributed by atoms with E-state index in [4.69, 9.17) is 11.5 Å². The zero-order valence-corrected chi connectivity index (χ0v) is 12.4. The summed E-state index contributed by atoms with van der Waals surface area (Å²) in [5.41, 5.74) is 12.4. The number of anilines is 2. The monoisotopic (exact) mass is 286 g/mol. The molecule has 1 aromatic heterocycles. The summed E-state index contributed by atoms with van der Waals surface area (Å²) < 4.78 is 0. The van der Waals surface area contributed by atoms with E-state index in [0.717, 1.165) is 5.56 Å². The Morgan fingerprint density at radius 1 is 1.00 bits per heavy atom. The van der Waals surface area contributed by atoms with Crippen molar-refractivity contribution in [1.29, 1.82) is 0 Å². The van der Waals surface area contributed by atoms with E-state index in [1.54, 1.807) is 0 Å². The molecule has 0 bridgehead atoms. The molecule has 0 spiro atoms. The van der Waals surface area contributed by atoms with Gasteiger partial charge in [0.2, 0.25) is 0 Å². The second-order valence-corrected chi connectivity index (χ2v) is 2.90. The number of nitrogens with zero attached hydrogens (tertiary/aromatic N) is 2. The Labute approximate surface area is 113 Å². The van der Waals surface area contributed by atoms with Crippen LogP contribution in [0.5, 0.6) is 0 Å². The van der Waals surface area contributed by atoms with Gasteiger partial charge in [-0.2, -0.15) is 0 Å². The summed E-state index contributed by atoms with van der Waals surface area (Å²) in [6.07, 6.45) is 1.52. The average molecular weight is 288 g/mol. The molecule has 0 aliphatic rings. The van der Waals surface area contributed by atoms with Crippen molar-refractivity contribution < 1.29 is 19.5 Å². The summed E-state index contributed by atoms with van der Waals surface area (Å²) in [5, 5.41) is 0. The van der Waals surface area contributed by atoms with Gasteiger partial charge in [-0.1, -0.05) is 30.3 Å². The van der Waals surface area contributed by atoms with E-state index >= 15 is 0 Å². The fourth-order valence-electron chi connectivity index (χ4n) is 1.13. The Morgan fingerprint density at radius 2 is 1.62 bits per heavy atom. The molecule has 0 aliphatic carbocycles. The van der Waals surface area contributed by atoms with Crippen LogP contribution in [0.25, 0.3) is 11.4 Å². The molecule has 0 fully saturated rings. The van der Waals surface area contributed by atoms with E-state index < -0.39 is 0 Å². The number of hydrogen-bond donors (Lipinski definition) is 2. The molecule has 0 radical (unpaired) electrons. The summed E-state index contributed by atoms with van der Waals surface area (Å²) >= 11 is 0. The molecule has 2 rings (SSSR count). The molecule has 0 amide bonds. The van der Waals surface area contributed by atoms with Crippen LogP contribution in [0.2, 0.25) is 0 Å². The molecule has 0 unspecified atom stereocenters. The smallest absolute Gasteiger partial charge is 0.161 e. The van der Waals surface area contributed by atoms with Crippen LogP contribution in [-0.4, -0.2) is 9.97 Å². The van der Waals surface area contributed by atoms with Crippen molar-refractivity contribution in [3.63, 3.8) is 0 Å². The Bertz CT molecular complexity index is 450. The average Bonchev–Trinajstić information content (AvgIpc) is 2.23. The Hall–Kier alpha value is -1.19. The molecule has 1 heterocycles. The fourth-order valence-corrected chi connectivity index (χ4v) is 1.13. The van der Waals surface area contributed by atoms with Crippen molar-refractivity contribution in [2.24, 2.45) is 0 Å². The van der Waals surface area contributed by atoms with Crippen LogP contribution in [0.4, 0.5) is 11.5 Å².